The SMILES string of the molecule is O=C(O)/C=C/C1=CCCO1. The van der Waals surface area contributed by atoms with Gasteiger partial charge in [0.25, 0.3) is 0 Å². The number of allylic oxidation sites excluding steroid dienone is 1. The molecule has 0 unspecified atom stereocenters. The largest absolute Gasteiger partial charge is 0.494 e. The minimum atomic E-state index is -0.948. The van der Waals surface area contributed by atoms with Gasteiger partial charge in [-0.25, -0.2) is 4.79 Å². The van der Waals surface area contributed by atoms with Crippen LogP contribution in [-0.2, 0) is 9.53 Å². The Hall–Kier alpha value is -1.25. The smallest absolute Gasteiger partial charge is 0.328 e. The Balaban J connectivity index is 2.44. The maximum atomic E-state index is 9.99. The number of carbonyl (C=O) groups is 1. The minimum Gasteiger partial charge on any atom is -0.494 e. The summed E-state index contributed by atoms with van der Waals surface area (Å²) in [5.74, 6) is -0.293. The first-order chi connectivity index (χ1) is 4.79. The fraction of sp³-hybridized carbons (Fsp3) is 0.286. The Morgan fingerprint density at radius 1 is 1.80 bits per heavy atom. The van der Waals surface area contributed by atoms with E-state index in [1.807, 2.05) is 6.08 Å². The van der Waals surface area contributed by atoms with Gasteiger partial charge in [0.05, 0.1) is 6.61 Å². The van der Waals surface area contributed by atoms with E-state index >= 15 is 0 Å². The lowest BCUT2D eigenvalue weighted by Gasteiger charge is -1.93. The van der Waals surface area contributed by atoms with E-state index in [4.69, 9.17) is 9.84 Å². The molecule has 1 aliphatic heterocycles. The molecule has 54 valence electrons. The quantitative estimate of drug-likeness (QED) is 0.580. The predicted molar refractivity (Wildman–Crippen MR) is 35.4 cm³/mol. The molecule has 0 fully saturated rings. The summed E-state index contributed by atoms with van der Waals surface area (Å²) < 4.78 is 5.01. The van der Waals surface area contributed by atoms with E-state index in [1.54, 1.807) is 0 Å². The first-order valence-electron chi connectivity index (χ1n) is 3.03. The highest BCUT2D eigenvalue weighted by Crippen LogP contribution is 2.09. The Kier molecular flexibility index (Phi) is 2.10. The summed E-state index contributed by atoms with van der Waals surface area (Å²) in [6.45, 7) is 0.666. The molecule has 0 aromatic heterocycles. The van der Waals surface area contributed by atoms with Gasteiger partial charge in [-0.05, 0) is 12.2 Å². The van der Waals surface area contributed by atoms with Crippen LogP contribution in [0.5, 0.6) is 0 Å². The van der Waals surface area contributed by atoms with Crippen LogP contribution < -0.4 is 0 Å². The molecule has 0 aromatic rings. The van der Waals surface area contributed by atoms with Crippen molar-refractivity contribution >= 4 is 5.97 Å². The second-order valence-electron chi connectivity index (χ2n) is 1.92. The molecule has 0 aliphatic carbocycles. The van der Waals surface area contributed by atoms with E-state index < -0.39 is 5.97 Å². The van der Waals surface area contributed by atoms with E-state index in [0.29, 0.717) is 12.4 Å². The number of carboxylic acids is 1. The molecule has 0 radical (unpaired) electrons. The van der Waals surface area contributed by atoms with Crippen LogP contribution >= 0.6 is 0 Å². The third kappa shape index (κ3) is 1.93. The summed E-state index contributed by atoms with van der Waals surface area (Å²) >= 11 is 0. The van der Waals surface area contributed by atoms with Gasteiger partial charge in [-0.15, -0.1) is 0 Å². The summed E-state index contributed by atoms with van der Waals surface area (Å²) in [6, 6.07) is 0. The number of hydrogen-bond donors (Lipinski definition) is 1. The van der Waals surface area contributed by atoms with Crippen molar-refractivity contribution < 1.29 is 14.6 Å². The highest BCUT2D eigenvalue weighted by Gasteiger charge is 2.00. The Bertz CT molecular complexity index is 191. The van der Waals surface area contributed by atoms with Gasteiger partial charge in [-0.1, -0.05) is 0 Å². The van der Waals surface area contributed by atoms with Crippen LogP contribution in [0.15, 0.2) is 24.0 Å². The molecule has 0 spiro atoms. The van der Waals surface area contributed by atoms with Crippen molar-refractivity contribution in [3.63, 3.8) is 0 Å². The van der Waals surface area contributed by atoms with Crippen molar-refractivity contribution in [1.82, 2.24) is 0 Å². The van der Waals surface area contributed by atoms with Gasteiger partial charge in [-0.3, -0.25) is 0 Å². The second kappa shape index (κ2) is 3.06. The lowest BCUT2D eigenvalue weighted by atomic mass is 10.4. The molecule has 0 saturated heterocycles. The van der Waals surface area contributed by atoms with Crippen LogP contribution in [-0.4, -0.2) is 17.7 Å². The predicted octanol–water partition coefficient (Wildman–Crippen LogP) is 0.931. The molecular formula is C7H8O3. The van der Waals surface area contributed by atoms with Crippen molar-refractivity contribution in [3.8, 4) is 0 Å². The number of carboxylic acid groups (broad SMARTS) is 1. The van der Waals surface area contributed by atoms with Gasteiger partial charge in [0.15, 0.2) is 0 Å². The topological polar surface area (TPSA) is 46.5 Å². The van der Waals surface area contributed by atoms with Gasteiger partial charge in [0.2, 0.25) is 0 Å². The molecule has 3 nitrogen and oxygen atoms in total. The Morgan fingerprint density at radius 2 is 2.60 bits per heavy atom. The maximum absolute atomic E-state index is 9.99. The third-order valence-corrected chi connectivity index (χ3v) is 1.12. The fourth-order valence-corrected chi connectivity index (χ4v) is 0.706. The second-order valence-corrected chi connectivity index (χ2v) is 1.92. The van der Waals surface area contributed by atoms with Crippen molar-refractivity contribution in [1.29, 1.82) is 0 Å². The number of hydrogen-bond acceptors (Lipinski definition) is 2. The lowest BCUT2D eigenvalue weighted by molar-refractivity contribution is -0.131. The van der Waals surface area contributed by atoms with Crippen LogP contribution in [0.3, 0.4) is 0 Å². The molecule has 0 aromatic carbocycles. The minimum absolute atomic E-state index is 0.655. The molecule has 1 N–H and O–H groups in total. The monoisotopic (exact) mass is 140 g/mol. The van der Waals surface area contributed by atoms with Crippen molar-refractivity contribution in [2.75, 3.05) is 6.61 Å². The fourth-order valence-electron chi connectivity index (χ4n) is 0.706. The van der Waals surface area contributed by atoms with Crippen LogP contribution in [0.2, 0.25) is 0 Å². The van der Waals surface area contributed by atoms with Gasteiger partial charge < -0.3 is 9.84 Å². The van der Waals surface area contributed by atoms with Crippen molar-refractivity contribution in [2.45, 2.75) is 6.42 Å². The summed E-state index contributed by atoms with van der Waals surface area (Å²) in [4.78, 5) is 9.99. The zero-order valence-electron chi connectivity index (χ0n) is 5.41. The van der Waals surface area contributed by atoms with E-state index in [1.165, 1.54) is 6.08 Å². The molecule has 1 heterocycles. The molecule has 10 heavy (non-hydrogen) atoms. The molecule has 0 bridgehead atoms. The molecular weight excluding hydrogens is 132 g/mol. The summed E-state index contributed by atoms with van der Waals surface area (Å²) in [6.07, 6.45) is 5.26. The zero-order chi connectivity index (χ0) is 7.40. The van der Waals surface area contributed by atoms with Crippen molar-refractivity contribution in [3.05, 3.63) is 24.0 Å². The molecule has 0 amide bonds. The number of aliphatic carboxylic acids is 1. The highest BCUT2D eigenvalue weighted by molar-refractivity contribution is 5.80. The van der Waals surface area contributed by atoms with E-state index in [0.717, 1.165) is 12.5 Å². The van der Waals surface area contributed by atoms with Crippen LogP contribution in [0, 0.1) is 0 Å². The normalized spacial score (nSPS) is 17.0. The Labute approximate surface area is 58.6 Å². The van der Waals surface area contributed by atoms with Crippen LogP contribution in [0.1, 0.15) is 6.42 Å². The van der Waals surface area contributed by atoms with Gasteiger partial charge >= 0.3 is 5.97 Å². The summed E-state index contributed by atoms with van der Waals surface area (Å²) in [5, 5.41) is 8.20. The molecule has 0 atom stereocenters. The standard InChI is InChI=1S/C7H8O3/c8-7(9)4-3-6-2-1-5-10-6/h2-4H,1,5H2,(H,8,9)/b4-3+. The van der Waals surface area contributed by atoms with Gasteiger partial charge in [-0.2, -0.15) is 0 Å². The molecule has 1 aliphatic rings. The van der Waals surface area contributed by atoms with Gasteiger partial charge in [0.1, 0.15) is 5.76 Å². The average molecular weight is 140 g/mol. The van der Waals surface area contributed by atoms with Crippen molar-refractivity contribution in [2.24, 2.45) is 0 Å². The summed E-state index contributed by atoms with van der Waals surface area (Å²) in [7, 11) is 0. The lowest BCUT2D eigenvalue weighted by Crippen LogP contribution is -1.87. The first-order valence-corrected chi connectivity index (χ1v) is 3.03. The van der Waals surface area contributed by atoms with Crippen LogP contribution in [0.25, 0.3) is 0 Å². The van der Waals surface area contributed by atoms with Crippen LogP contribution in [0.4, 0.5) is 0 Å². The number of rotatable bonds is 2. The first kappa shape index (κ1) is 6.86. The van der Waals surface area contributed by atoms with E-state index in [9.17, 15) is 4.79 Å². The third-order valence-electron chi connectivity index (χ3n) is 1.12. The molecule has 0 saturated carbocycles. The molecule has 1 rings (SSSR count). The van der Waals surface area contributed by atoms with E-state index in [-0.39, 0.29) is 0 Å². The Morgan fingerprint density at radius 3 is 3.10 bits per heavy atom. The average Bonchev–Trinajstić information content (AvgIpc) is 2.34. The number of ether oxygens (including phenoxy) is 1. The highest BCUT2D eigenvalue weighted by atomic mass is 16.5. The molecule has 3 heteroatoms. The van der Waals surface area contributed by atoms with E-state index in [2.05, 4.69) is 0 Å². The maximum Gasteiger partial charge on any atom is 0.328 e. The summed E-state index contributed by atoms with van der Waals surface area (Å²) in [5.41, 5.74) is 0. The van der Waals surface area contributed by atoms with Gasteiger partial charge in [0, 0.05) is 12.5 Å². The zero-order valence-corrected chi connectivity index (χ0v) is 5.41.